The smallest absolute Gasteiger partial charge is 0.331 e. The van der Waals surface area contributed by atoms with E-state index < -0.39 is 34.2 Å². The molecule has 1 unspecified atom stereocenters. The summed E-state index contributed by atoms with van der Waals surface area (Å²) in [4.78, 5) is 11.4. The lowest BCUT2D eigenvalue weighted by Crippen LogP contribution is -2.05. The van der Waals surface area contributed by atoms with Gasteiger partial charge in [0.2, 0.25) is 0 Å². The summed E-state index contributed by atoms with van der Waals surface area (Å²) in [6, 6.07) is 8.11. The highest BCUT2D eigenvalue weighted by atomic mass is 32.2. The number of halogens is 2. The van der Waals surface area contributed by atoms with Gasteiger partial charge in [0, 0.05) is 15.7 Å². The molecule has 0 fully saturated rings. The molecular weight excluding hydrogens is 362 g/mol. The summed E-state index contributed by atoms with van der Waals surface area (Å²) in [7, 11) is -1.17. The SMILES string of the molecule is C/C(=C\c1cc(F)c(Oc2ccc(S(=O)C(C)C)cc2)c(F)c1)C(=O)O. The fourth-order valence-electron chi connectivity index (χ4n) is 2.10. The van der Waals surface area contributed by atoms with E-state index in [1.807, 2.05) is 13.8 Å². The fourth-order valence-corrected chi connectivity index (χ4v) is 3.05. The van der Waals surface area contributed by atoms with Gasteiger partial charge in [-0.15, -0.1) is 0 Å². The molecule has 0 aliphatic carbocycles. The Bertz CT molecular complexity index is 851. The highest BCUT2D eigenvalue weighted by Gasteiger charge is 2.15. The van der Waals surface area contributed by atoms with Crippen LogP contribution >= 0.6 is 0 Å². The second-order valence-corrected chi connectivity index (χ2v) is 7.87. The maximum absolute atomic E-state index is 14.2. The predicted octanol–water partition coefficient (Wildman–Crippen LogP) is 4.76. The van der Waals surface area contributed by atoms with E-state index in [1.54, 1.807) is 12.1 Å². The van der Waals surface area contributed by atoms with Crippen LogP contribution in [0.15, 0.2) is 46.9 Å². The van der Waals surface area contributed by atoms with Gasteiger partial charge >= 0.3 is 5.97 Å². The first-order valence-corrected chi connectivity index (χ1v) is 8.99. The Morgan fingerprint density at radius 2 is 1.69 bits per heavy atom. The fraction of sp³-hybridized carbons (Fsp3) is 0.211. The van der Waals surface area contributed by atoms with Gasteiger partial charge in [0.15, 0.2) is 17.4 Å². The van der Waals surface area contributed by atoms with E-state index in [2.05, 4.69) is 0 Å². The van der Waals surface area contributed by atoms with Crippen LogP contribution in [0.25, 0.3) is 6.08 Å². The van der Waals surface area contributed by atoms with Crippen molar-refractivity contribution in [3.63, 3.8) is 0 Å². The van der Waals surface area contributed by atoms with Crippen molar-refractivity contribution in [1.82, 2.24) is 0 Å². The molecule has 0 spiro atoms. The van der Waals surface area contributed by atoms with E-state index in [-0.39, 0.29) is 22.1 Å². The van der Waals surface area contributed by atoms with Crippen molar-refractivity contribution < 1.29 is 27.6 Å². The number of aliphatic carboxylic acids is 1. The van der Waals surface area contributed by atoms with Crippen molar-refractivity contribution in [3.05, 3.63) is 59.2 Å². The lowest BCUT2D eigenvalue weighted by Gasteiger charge is -2.10. The van der Waals surface area contributed by atoms with Crippen LogP contribution in [0.5, 0.6) is 11.5 Å². The summed E-state index contributed by atoms with van der Waals surface area (Å²) in [5.41, 5.74) is 0.0288. The topological polar surface area (TPSA) is 63.6 Å². The zero-order valence-electron chi connectivity index (χ0n) is 14.5. The van der Waals surface area contributed by atoms with E-state index >= 15 is 0 Å². The number of hydrogen-bond acceptors (Lipinski definition) is 3. The molecule has 1 atom stereocenters. The Morgan fingerprint density at radius 3 is 2.15 bits per heavy atom. The van der Waals surface area contributed by atoms with Gasteiger partial charge in [-0.1, -0.05) is 13.8 Å². The van der Waals surface area contributed by atoms with Gasteiger partial charge in [0.1, 0.15) is 5.75 Å². The third-order valence-electron chi connectivity index (χ3n) is 3.45. The highest BCUT2D eigenvalue weighted by molar-refractivity contribution is 7.85. The number of carboxylic acid groups (broad SMARTS) is 1. The molecule has 2 rings (SSSR count). The number of hydrogen-bond donors (Lipinski definition) is 1. The molecule has 0 aliphatic rings. The molecule has 2 aromatic rings. The molecule has 0 saturated heterocycles. The summed E-state index contributed by atoms with van der Waals surface area (Å²) < 4.78 is 45.6. The Balaban J connectivity index is 2.26. The van der Waals surface area contributed by atoms with E-state index in [1.165, 1.54) is 19.1 Å². The molecule has 2 aromatic carbocycles. The molecule has 26 heavy (non-hydrogen) atoms. The molecular formula is C19H18F2O4S. The van der Waals surface area contributed by atoms with Gasteiger partial charge in [-0.3, -0.25) is 4.21 Å². The van der Waals surface area contributed by atoms with Gasteiger partial charge < -0.3 is 9.84 Å². The minimum absolute atomic E-state index is 0.0495. The third-order valence-corrected chi connectivity index (χ3v) is 5.04. The van der Waals surface area contributed by atoms with Gasteiger partial charge in [0.05, 0.1) is 10.8 Å². The van der Waals surface area contributed by atoms with Crippen molar-refractivity contribution in [2.24, 2.45) is 0 Å². The lowest BCUT2D eigenvalue weighted by atomic mass is 10.1. The van der Waals surface area contributed by atoms with Crippen LogP contribution in [0.4, 0.5) is 8.78 Å². The minimum Gasteiger partial charge on any atom is -0.478 e. The first-order valence-electron chi connectivity index (χ1n) is 7.78. The minimum atomic E-state index is -1.18. The van der Waals surface area contributed by atoms with Crippen LogP contribution in [-0.4, -0.2) is 20.5 Å². The number of benzene rings is 2. The molecule has 1 N–H and O–H groups in total. The number of ether oxygens (including phenoxy) is 1. The molecule has 138 valence electrons. The summed E-state index contributed by atoms with van der Waals surface area (Å²) >= 11 is 0. The van der Waals surface area contributed by atoms with Crippen molar-refractivity contribution in [3.8, 4) is 11.5 Å². The molecule has 4 nitrogen and oxygen atoms in total. The summed E-state index contributed by atoms with van der Waals surface area (Å²) in [6.45, 7) is 4.98. The molecule has 0 heterocycles. The maximum Gasteiger partial charge on any atom is 0.331 e. The van der Waals surface area contributed by atoms with E-state index in [9.17, 15) is 17.8 Å². The molecule has 7 heteroatoms. The average Bonchev–Trinajstić information content (AvgIpc) is 2.57. The monoisotopic (exact) mass is 380 g/mol. The van der Waals surface area contributed by atoms with Crippen LogP contribution in [0.1, 0.15) is 26.3 Å². The Labute approximate surface area is 152 Å². The summed E-state index contributed by atoms with van der Waals surface area (Å²) in [6.07, 6.45) is 1.16. The van der Waals surface area contributed by atoms with E-state index in [0.717, 1.165) is 18.2 Å². The first kappa shape index (κ1) is 19.8. The second-order valence-electron chi connectivity index (χ2n) is 5.87. The Kier molecular flexibility index (Phi) is 6.26. The summed E-state index contributed by atoms with van der Waals surface area (Å²) in [5, 5.41) is 8.78. The maximum atomic E-state index is 14.2. The van der Waals surface area contributed by atoms with Crippen molar-refractivity contribution >= 4 is 22.8 Å². The molecule has 0 radical (unpaired) electrons. The van der Waals surface area contributed by atoms with Crippen molar-refractivity contribution in [2.45, 2.75) is 30.9 Å². The standard InChI is InChI=1S/C19H18F2O4S/c1-11(2)26(24)15-6-4-14(5-7-15)25-18-16(20)9-13(10-17(18)21)8-12(3)19(22)23/h4-11H,1-3H3,(H,22,23)/b12-8+. The normalized spacial score (nSPS) is 12.9. The second kappa shape index (κ2) is 8.23. The van der Waals surface area contributed by atoms with Gasteiger partial charge in [-0.25, -0.2) is 13.6 Å². The van der Waals surface area contributed by atoms with Crippen LogP contribution in [0, 0.1) is 11.6 Å². The van der Waals surface area contributed by atoms with Crippen LogP contribution in [0.2, 0.25) is 0 Å². The molecule has 0 aliphatic heterocycles. The average molecular weight is 380 g/mol. The van der Waals surface area contributed by atoms with Crippen LogP contribution in [-0.2, 0) is 15.6 Å². The summed E-state index contributed by atoms with van der Waals surface area (Å²) in [5.74, 6) is -3.48. The zero-order chi connectivity index (χ0) is 19.4. The molecule has 0 aromatic heterocycles. The van der Waals surface area contributed by atoms with E-state index in [0.29, 0.717) is 4.90 Å². The Hall–Kier alpha value is -2.54. The van der Waals surface area contributed by atoms with Gasteiger partial charge in [-0.05, 0) is 55.0 Å². The van der Waals surface area contributed by atoms with Gasteiger partial charge in [-0.2, -0.15) is 0 Å². The zero-order valence-corrected chi connectivity index (χ0v) is 15.3. The molecule has 0 saturated carbocycles. The first-order chi connectivity index (χ1) is 12.2. The quantitative estimate of drug-likeness (QED) is 0.734. The highest BCUT2D eigenvalue weighted by Crippen LogP contribution is 2.30. The Morgan fingerprint density at radius 1 is 1.15 bits per heavy atom. The molecule has 0 bridgehead atoms. The van der Waals surface area contributed by atoms with Gasteiger partial charge in [0.25, 0.3) is 0 Å². The van der Waals surface area contributed by atoms with Crippen molar-refractivity contribution in [1.29, 1.82) is 0 Å². The number of rotatable bonds is 6. The van der Waals surface area contributed by atoms with E-state index in [4.69, 9.17) is 9.84 Å². The number of carboxylic acids is 1. The number of carbonyl (C=O) groups is 1. The lowest BCUT2D eigenvalue weighted by molar-refractivity contribution is -0.132. The van der Waals surface area contributed by atoms with Crippen LogP contribution in [0.3, 0.4) is 0 Å². The van der Waals surface area contributed by atoms with Crippen LogP contribution < -0.4 is 4.74 Å². The predicted molar refractivity (Wildman–Crippen MR) is 95.7 cm³/mol. The largest absolute Gasteiger partial charge is 0.478 e. The molecule has 0 amide bonds. The van der Waals surface area contributed by atoms with Crippen molar-refractivity contribution in [2.75, 3.05) is 0 Å². The third kappa shape index (κ3) is 4.76.